The Kier molecular flexibility index (Phi) is 8.48. The number of carbonyl (C=O) groups excluding carboxylic acids is 1. The van der Waals surface area contributed by atoms with E-state index in [0.29, 0.717) is 12.2 Å². The minimum atomic E-state index is -1.83. The summed E-state index contributed by atoms with van der Waals surface area (Å²) in [5.74, 6) is 0.0241. The fourth-order valence-corrected chi connectivity index (χ4v) is 16.4. The molecule has 142 valence electrons. The van der Waals surface area contributed by atoms with E-state index in [1.54, 1.807) is 0 Å². The smallest absolute Gasteiger partial charge is 0.337 e. The lowest BCUT2D eigenvalue weighted by Crippen LogP contribution is -2.58. The van der Waals surface area contributed by atoms with Gasteiger partial charge in [-0.05, 0) is 39.3 Å². The van der Waals surface area contributed by atoms with Crippen LogP contribution in [0.3, 0.4) is 0 Å². The molecular weight excluding hydrogens is 385 g/mol. The Morgan fingerprint density at radius 1 is 0.833 bits per heavy atom. The first kappa shape index (κ1) is 23.9. The largest absolute Gasteiger partial charge is 0.520 e. The van der Waals surface area contributed by atoms with E-state index in [4.69, 9.17) is 13.6 Å². The van der Waals surface area contributed by atoms with Gasteiger partial charge in [-0.3, -0.25) is 0 Å². The van der Waals surface area contributed by atoms with Crippen molar-refractivity contribution >= 4 is 46.3 Å². The Balaban J connectivity index is 4.83. The molecule has 0 aliphatic heterocycles. The van der Waals surface area contributed by atoms with Gasteiger partial charge >= 0.3 is 5.97 Å². The van der Waals surface area contributed by atoms with Crippen molar-refractivity contribution in [2.45, 2.75) is 72.0 Å². The maximum absolute atomic E-state index is 12.2. The first-order valence-corrected chi connectivity index (χ1v) is 26.3. The molecule has 0 rings (SSSR count). The van der Waals surface area contributed by atoms with Crippen LogP contribution in [0.4, 0.5) is 0 Å². The fourth-order valence-electron chi connectivity index (χ4n) is 1.60. The molecule has 0 bridgehead atoms. The molecule has 0 aliphatic carbocycles. The first-order chi connectivity index (χ1) is 10.4. The average Bonchev–Trinajstić information content (AvgIpc) is 2.21. The van der Waals surface area contributed by atoms with Crippen LogP contribution in [-0.2, 0) is 18.4 Å². The van der Waals surface area contributed by atoms with Crippen LogP contribution in [-0.4, -0.2) is 52.6 Å². The highest BCUT2D eigenvalue weighted by molar-refractivity contribution is 7.60. The molecule has 0 radical (unpaired) electrons. The van der Waals surface area contributed by atoms with E-state index in [0.717, 1.165) is 0 Å². The number of rotatable bonds is 9. The number of esters is 1. The van der Waals surface area contributed by atoms with Crippen LogP contribution in [0.1, 0.15) is 0 Å². The summed E-state index contributed by atoms with van der Waals surface area (Å²) in [4.78, 5) is 12.2. The molecule has 0 saturated heterocycles. The molecule has 9 heteroatoms. The third-order valence-electron chi connectivity index (χ3n) is 4.05. The van der Waals surface area contributed by atoms with Crippen LogP contribution in [0.2, 0.25) is 72.0 Å². The second-order valence-corrected chi connectivity index (χ2v) is 45.5. The van der Waals surface area contributed by atoms with Crippen LogP contribution >= 0.6 is 0 Å². The highest BCUT2D eigenvalue weighted by Gasteiger charge is 2.36. The predicted molar refractivity (Wildman–Crippen MR) is 117 cm³/mol. The summed E-state index contributed by atoms with van der Waals surface area (Å²) in [6.45, 7) is 24.7. The van der Waals surface area contributed by atoms with Gasteiger partial charge in [0.1, 0.15) is 6.08 Å². The van der Waals surface area contributed by atoms with E-state index in [1.165, 1.54) is 6.08 Å². The topological polar surface area (TPSA) is 44.8 Å². The van der Waals surface area contributed by atoms with Gasteiger partial charge in [-0.15, -0.1) is 0 Å². The quantitative estimate of drug-likeness (QED) is 0.245. The monoisotopic (exact) mass is 422 g/mol. The minimum absolute atomic E-state index is 0.325. The molecule has 0 aromatic carbocycles. The number of carbonyl (C=O) groups is 1. The van der Waals surface area contributed by atoms with Crippen molar-refractivity contribution < 1.29 is 18.4 Å². The molecule has 0 spiro atoms. The number of hydrogen-bond acceptors (Lipinski definition) is 4. The SMILES string of the molecule is C[Si](C)(C)OC(=CC(=O)OC[SiH2][Si](C)(C)[Si](C)(C)C)O[Si](C)(C)C. The molecule has 0 amide bonds. The zero-order chi connectivity index (χ0) is 19.4. The van der Waals surface area contributed by atoms with Gasteiger partial charge in [0, 0.05) is 14.7 Å². The zero-order valence-corrected chi connectivity index (χ0v) is 23.0. The standard InChI is InChI=1S/C15H38O4Si5/c1-21(2,3)18-15(19-22(4,5)6)12-14(16)17-13-20-24(10,11)23(7,8)9/h12H,13,20H2,1-11H3. The highest BCUT2D eigenvalue weighted by Crippen LogP contribution is 2.18. The number of hydrogen-bond donors (Lipinski definition) is 0. The molecule has 0 aromatic heterocycles. The van der Waals surface area contributed by atoms with E-state index < -0.39 is 31.3 Å². The van der Waals surface area contributed by atoms with Gasteiger partial charge in [0.25, 0.3) is 5.95 Å². The summed E-state index contributed by atoms with van der Waals surface area (Å²) in [7, 11) is -6.26. The van der Waals surface area contributed by atoms with Crippen molar-refractivity contribution in [3.05, 3.63) is 12.0 Å². The first-order valence-electron chi connectivity index (χ1n) is 8.69. The minimum Gasteiger partial charge on any atom is -0.520 e. The predicted octanol–water partition coefficient (Wildman–Crippen LogP) is 3.82. The van der Waals surface area contributed by atoms with Crippen LogP contribution in [0.25, 0.3) is 0 Å². The molecule has 0 atom stereocenters. The van der Waals surface area contributed by atoms with Crippen LogP contribution < -0.4 is 0 Å². The lowest BCUT2D eigenvalue weighted by molar-refractivity contribution is -0.136. The summed E-state index contributed by atoms with van der Waals surface area (Å²) in [5, 5.41) is 0. The van der Waals surface area contributed by atoms with Gasteiger partial charge in [0.2, 0.25) is 16.6 Å². The molecule has 4 nitrogen and oxygen atoms in total. The summed E-state index contributed by atoms with van der Waals surface area (Å²) >= 11 is 0. The molecule has 0 fully saturated rings. The summed E-state index contributed by atoms with van der Waals surface area (Å²) in [6.07, 6.45) is 2.04. The third kappa shape index (κ3) is 10.7. The van der Waals surface area contributed by atoms with Gasteiger partial charge in [0.05, 0.1) is 15.3 Å². The van der Waals surface area contributed by atoms with Gasteiger partial charge in [-0.2, -0.15) is 0 Å². The molecule has 0 N–H and O–H groups in total. The van der Waals surface area contributed by atoms with Crippen molar-refractivity contribution in [3.63, 3.8) is 0 Å². The third-order valence-corrected chi connectivity index (χ3v) is 39.7. The van der Waals surface area contributed by atoms with Crippen LogP contribution in [0.5, 0.6) is 0 Å². The lowest BCUT2D eigenvalue weighted by atomic mass is 10.6. The fraction of sp³-hybridized carbons (Fsp3) is 0.800. The van der Waals surface area contributed by atoms with E-state index in [2.05, 4.69) is 72.0 Å². The summed E-state index contributed by atoms with van der Waals surface area (Å²) < 4.78 is 17.4. The van der Waals surface area contributed by atoms with Crippen molar-refractivity contribution in [1.29, 1.82) is 0 Å². The Labute approximate surface area is 155 Å². The molecule has 0 aromatic rings. The normalized spacial score (nSPS) is 13.8. The zero-order valence-electron chi connectivity index (χ0n) is 17.6. The summed E-state index contributed by atoms with van der Waals surface area (Å²) in [5.41, 5.74) is 0. The second-order valence-electron chi connectivity index (χ2n) is 9.94. The van der Waals surface area contributed by atoms with Crippen molar-refractivity contribution in [3.8, 4) is 0 Å². The Hall–Kier alpha value is -0.106. The Bertz CT molecular complexity index is 438. The van der Waals surface area contributed by atoms with Gasteiger partial charge in [-0.25, -0.2) is 4.79 Å². The van der Waals surface area contributed by atoms with E-state index in [-0.39, 0.29) is 15.0 Å². The highest BCUT2D eigenvalue weighted by atomic mass is 29.6. The van der Waals surface area contributed by atoms with Crippen molar-refractivity contribution in [2.75, 3.05) is 6.23 Å². The lowest BCUT2D eigenvalue weighted by Gasteiger charge is -2.34. The number of ether oxygens (including phenoxy) is 1. The van der Waals surface area contributed by atoms with Gasteiger partial charge in [-0.1, -0.05) is 32.7 Å². The maximum Gasteiger partial charge on any atom is 0.337 e. The molecule has 0 unspecified atom stereocenters. The van der Waals surface area contributed by atoms with Crippen molar-refractivity contribution in [2.24, 2.45) is 0 Å². The molecule has 0 saturated carbocycles. The van der Waals surface area contributed by atoms with E-state index >= 15 is 0 Å². The average molecular weight is 423 g/mol. The van der Waals surface area contributed by atoms with Gasteiger partial charge < -0.3 is 13.6 Å². The molecule has 0 heterocycles. The second kappa shape index (κ2) is 8.52. The van der Waals surface area contributed by atoms with Crippen molar-refractivity contribution in [1.82, 2.24) is 0 Å². The molecular formula is C15H38O4Si5. The van der Waals surface area contributed by atoms with Gasteiger partial charge in [0.15, 0.2) is 0 Å². The molecule has 24 heavy (non-hydrogen) atoms. The van der Waals surface area contributed by atoms with Crippen LogP contribution in [0.15, 0.2) is 12.0 Å². The summed E-state index contributed by atoms with van der Waals surface area (Å²) in [6, 6.07) is 0. The van der Waals surface area contributed by atoms with E-state index in [1.807, 2.05) is 0 Å². The Morgan fingerprint density at radius 2 is 1.25 bits per heavy atom. The Morgan fingerprint density at radius 3 is 1.58 bits per heavy atom. The van der Waals surface area contributed by atoms with E-state index in [9.17, 15) is 4.79 Å². The van der Waals surface area contributed by atoms with Crippen LogP contribution in [0, 0.1) is 0 Å². The molecule has 0 aliphatic rings. The maximum atomic E-state index is 12.2.